The summed E-state index contributed by atoms with van der Waals surface area (Å²) in [7, 11) is 6.58. The van der Waals surface area contributed by atoms with Crippen LogP contribution in [0.15, 0.2) is 54.9 Å². The summed E-state index contributed by atoms with van der Waals surface area (Å²) in [6, 6.07) is 11.5. The van der Waals surface area contributed by atoms with Gasteiger partial charge in [0.2, 0.25) is 0 Å². The average Bonchev–Trinajstić information content (AvgIpc) is 3.19. The first-order valence-electron chi connectivity index (χ1n) is 8.53. The van der Waals surface area contributed by atoms with Gasteiger partial charge in [0, 0.05) is 35.7 Å². The Kier molecular flexibility index (Phi) is 5.76. The van der Waals surface area contributed by atoms with Crippen molar-refractivity contribution < 1.29 is 18.9 Å². The number of methoxy groups -OCH3 is 4. The monoisotopic (exact) mass is 368 g/mol. The Balaban J connectivity index is 1.85. The van der Waals surface area contributed by atoms with Gasteiger partial charge in [0.25, 0.3) is 0 Å². The largest absolute Gasteiger partial charge is 0.497 e. The maximum Gasteiger partial charge on any atom is 0.129 e. The molecule has 1 aliphatic rings. The summed E-state index contributed by atoms with van der Waals surface area (Å²) >= 11 is 0. The van der Waals surface area contributed by atoms with Gasteiger partial charge in [-0.2, -0.15) is 0 Å². The normalized spacial score (nSPS) is 15.7. The van der Waals surface area contributed by atoms with Gasteiger partial charge in [0.05, 0.1) is 34.5 Å². The number of hydrogen-bond acceptors (Lipinski definition) is 6. The van der Waals surface area contributed by atoms with Gasteiger partial charge in [-0.15, -0.1) is 0 Å². The molecule has 1 N–H and O–H groups in total. The second-order valence-electron chi connectivity index (χ2n) is 5.87. The molecule has 0 spiro atoms. The predicted octanol–water partition coefficient (Wildman–Crippen LogP) is 3.77. The van der Waals surface area contributed by atoms with Crippen molar-refractivity contribution in [2.45, 2.75) is 6.04 Å². The van der Waals surface area contributed by atoms with E-state index in [1.807, 2.05) is 59.9 Å². The number of hydrazine groups is 1. The van der Waals surface area contributed by atoms with Crippen LogP contribution in [0.2, 0.25) is 0 Å². The molecule has 0 saturated heterocycles. The molecule has 0 radical (unpaired) electrons. The van der Waals surface area contributed by atoms with Crippen LogP contribution in [0, 0.1) is 0 Å². The highest BCUT2D eigenvalue weighted by atomic mass is 16.5. The minimum Gasteiger partial charge on any atom is -0.497 e. The van der Waals surface area contributed by atoms with E-state index in [0.29, 0.717) is 0 Å². The topological polar surface area (TPSA) is 52.2 Å². The van der Waals surface area contributed by atoms with Crippen molar-refractivity contribution in [1.82, 2.24) is 10.4 Å². The fourth-order valence-electron chi connectivity index (χ4n) is 2.96. The molecule has 2 aromatic carbocycles. The third kappa shape index (κ3) is 3.95. The standard InChI is InChI=1S/C21H24N2O4/c1-24-16-6-5-15(20(13-16)26-3)10-12-23-19(9-11-22-23)18-8-7-17(25-2)14-21(18)27-4/h5-14,19,22H,1-4H3. The smallest absolute Gasteiger partial charge is 0.129 e. The summed E-state index contributed by atoms with van der Waals surface area (Å²) < 4.78 is 21.5. The lowest BCUT2D eigenvalue weighted by atomic mass is 10.1. The molecular weight excluding hydrogens is 344 g/mol. The van der Waals surface area contributed by atoms with Crippen molar-refractivity contribution in [3.8, 4) is 23.0 Å². The summed E-state index contributed by atoms with van der Waals surface area (Å²) in [6.45, 7) is 0. The minimum atomic E-state index is -0.00801. The summed E-state index contributed by atoms with van der Waals surface area (Å²) in [6.07, 6.45) is 7.93. The predicted molar refractivity (Wildman–Crippen MR) is 105 cm³/mol. The molecule has 142 valence electrons. The fourth-order valence-corrected chi connectivity index (χ4v) is 2.96. The van der Waals surface area contributed by atoms with Crippen LogP contribution in [-0.4, -0.2) is 33.4 Å². The average molecular weight is 368 g/mol. The van der Waals surface area contributed by atoms with Crippen molar-refractivity contribution in [2.75, 3.05) is 28.4 Å². The quantitative estimate of drug-likeness (QED) is 0.803. The highest BCUT2D eigenvalue weighted by Gasteiger charge is 2.22. The Morgan fingerprint density at radius 2 is 1.52 bits per heavy atom. The maximum atomic E-state index is 5.55. The number of hydrogen-bond donors (Lipinski definition) is 1. The van der Waals surface area contributed by atoms with Crippen molar-refractivity contribution in [3.05, 3.63) is 66.0 Å². The molecule has 1 aliphatic heterocycles. The van der Waals surface area contributed by atoms with E-state index in [4.69, 9.17) is 18.9 Å². The molecule has 1 unspecified atom stereocenters. The van der Waals surface area contributed by atoms with E-state index >= 15 is 0 Å². The highest BCUT2D eigenvalue weighted by molar-refractivity contribution is 5.59. The molecule has 2 aromatic rings. The first-order valence-corrected chi connectivity index (χ1v) is 8.53. The Bertz CT molecular complexity index is 848. The Morgan fingerprint density at radius 3 is 2.19 bits per heavy atom. The van der Waals surface area contributed by atoms with E-state index in [0.717, 1.165) is 34.1 Å². The maximum absolute atomic E-state index is 5.55. The Labute approximate surface area is 159 Å². The fraction of sp³-hybridized carbons (Fsp3) is 0.238. The Hall–Kier alpha value is -3.28. The summed E-state index contributed by atoms with van der Waals surface area (Å²) in [4.78, 5) is 0. The van der Waals surface area contributed by atoms with E-state index < -0.39 is 0 Å². The van der Waals surface area contributed by atoms with Crippen LogP contribution in [0.1, 0.15) is 17.2 Å². The zero-order valence-electron chi connectivity index (χ0n) is 15.9. The van der Waals surface area contributed by atoms with Gasteiger partial charge in [-0.3, -0.25) is 5.01 Å². The molecule has 1 atom stereocenters. The first-order chi connectivity index (χ1) is 13.2. The lowest BCUT2D eigenvalue weighted by Gasteiger charge is -2.24. The van der Waals surface area contributed by atoms with Crippen LogP contribution in [0.3, 0.4) is 0 Å². The number of rotatable bonds is 7. The van der Waals surface area contributed by atoms with Gasteiger partial charge in [-0.1, -0.05) is 0 Å². The van der Waals surface area contributed by atoms with Crippen LogP contribution in [0.5, 0.6) is 23.0 Å². The zero-order chi connectivity index (χ0) is 19.2. The molecule has 3 rings (SSSR count). The van der Waals surface area contributed by atoms with Crippen LogP contribution >= 0.6 is 0 Å². The van der Waals surface area contributed by atoms with Crippen molar-refractivity contribution >= 4 is 6.08 Å². The zero-order valence-corrected chi connectivity index (χ0v) is 15.9. The van der Waals surface area contributed by atoms with Crippen molar-refractivity contribution in [1.29, 1.82) is 0 Å². The van der Waals surface area contributed by atoms with Gasteiger partial charge in [0.1, 0.15) is 23.0 Å². The lowest BCUT2D eigenvalue weighted by molar-refractivity contribution is 0.289. The van der Waals surface area contributed by atoms with E-state index in [9.17, 15) is 0 Å². The molecule has 6 heteroatoms. The lowest BCUT2D eigenvalue weighted by Crippen LogP contribution is -2.27. The first kappa shape index (κ1) is 18.5. The van der Waals surface area contributed by atoms with Crippen molar-refractivity contribution in [3.63, 3.8) is 0 Å². The Morgan fingerprint density at radius 1 is 0.852 bits per heavy atom. The third-order valence-corrected chi connectivity index (χ3v) is 4.42. The summed E-state index contributed by atoms with van der Waals surface area (Å²) in [5, 5.41) is 1.99. The summed E-state index contributed by atoms with van der Waals surface area (Å²) in [5.74, 6) is 3.03. The van der Waals surface area contributed by atoms with Gasteiger partial charge in [-0.05, 0) is 36.4 Å². The van der Waals surface area contributed by atoms with Gasteiger partial charge in [0.15, 0.2) is 0 Å². The van der Waals surface area contributed by atoms with E-state index in [-0.39, 0.29) is 6.04 Å². The molecule has 6 nitrogen and oxygen atoms in total. The van der Waals surface area contributed by atoms with Crippen molar-refractivity contribution in [2.24, 2.45) is 0 Å². The highest BCUT2D eigenvalue weighted by Crippen LogP contribution is 2.35. The second-order valence-corrected chi connectivity index (χ2v) is 5.87. The van der Waals surface area contributed by atoms with E-state index in [1.54, 1.807) is 28.4 Å². The summed E-state index contributed by atoms with van der Waals surface area (Å²) in [5.41, 5.74) is 5.21. The molecular formula is C21H24N2O4. The number of ether oxygens (including phenoxy) is 4. The second kappa shape index (κ2) is 8.40. The van der Waals surface area contributed by atoms with Gasteiger partial charge < -0.3 is 24.4 Å². The molecule has 1 heterocycles. The van der Waals surface area contributed by atoms with Crippen LogP contribution < -0.4 is 24.4 Å². The number of nitrogens with one attached hydrogen (secondary N) is 1. The minimum absolute atomic E-state index is 0.00801. The third-order valence-electron chi connectivity index (χ3n) is 4.42. The SMILES string of the molecule is COc1ccc(C=CN2NC=CC2c2ccc(OC)cc2OC)c(OC)c1. The molecule has 0 saturated carbocycles. The number of benzene rings is 2. The number of nitrogens with zero attached hydrogens (tertiary/aromatic N) is 1. The molecule has 0 fully saturated rings. The van der Waals surface area contributed by atoms with Crippen LogP contribution in [0.25, 0.3) is 6.08 Å². The van der Waals surface area contributed by atoms with E-state index in [1.165, 1.54) is 0 Å². The molecule has 0 aromatic heterocycles. The van der Waals surface area contributed by atoms with Gasteiger partial charge in [-0.25, -0.2) is 0 Å². The molecule has 27 heavy (non-hydrogen) atoms. The van der Waals surface area contributed by atoms with Gasteiger partial charge >= 0.3 is 0 Å². The molecule has 0 amide bonds. The van der Waals surface area contributed by atoms with Crippen LogP contribution in [-0.2, 0) is 0 Å². The van der Waals surface area contributed by atoms with Crippen LogP contribution in [0.4, 0.5) is 0 Å². The van der Waals surface area contributed by atoms with E-state index in [2.05, 4.69) is 11.5 Å². The molecule has 0 aliphatic carbocycles. The molecule has 0 bridgehead atoms.